The quantitative estimate of drug-likeness (QED) is 0.615. The summed E-state index contributed by atoms with van der Waals surface area (Å²) in [6, 6.07) is 1.02. The number of rotatable bonds is 3. The number of anilines is 1. The van der Waals surface area contributed by atoms with Crippen LogP contribution in [0.5, 0.6) is 0 Å². The van der Waals surface area contributed by atoms with Crippen LogP contribution >= 0.6 is 0 Å². The molecule has 0 aromatic carbocycles. The van der Waals surface area contributed by atoms with Crippen LogP contribution in [0.1, 0.15) is 32.1 Å². The highest BCUT2D eigenvalue weighted by Gasteiger charge is 2.56. The number of pyridine rings is 1. The first-order chi connectivity index (χ1) is 15.1. The van der Waals surface area contributed by atoms with Crippen molar-refractivity contribution in [1.82, 2.24) is 29.9 Å². The minimum Gasteiger partial charge on any atom is -0.331 e. The Balaban J connectivity index is 1.44. The molecule has 0 bridgehead atoms. The monoisotopic (exact) mass is 439 g/mol. The molecule has 1 spiro atoms. The lowest BCUT2D eigenvalue weighted by Gasteiger charge is -2.49. The Hall–Kier alpha value is -2.98. The fourth-order valence-corrected chi connectivity index (χ4v) is 4.54. The number of H-pyrrole nitrogens is 1. The number of amides is 2. The van der Waals surface area contributed by atoms with Crippen molar-refractivity contribution in [2.45, 2.75) is 55.7 Å². The third kappa shape index (κ3) is 3.63. The maximum absolute atomic E-state index is 13.2. The van der Waals surface area contributed by atoms with E-state index in [2.05, 4.69) is 25.6 Å². The zero-order valence-electron chi connectivity index (χ0n) is 17.0. The summed E-state index contributed by atoms with van der Waals surface area (Å²) in [5.41, 5.74) is 0.912. The Morgan fingerprint density at radius 3 is 2.69 bits per heavy atom. The zero-order chi connectivity index (χ0) is 22.7. The highest BCUT2D eigenvalue weighted by Crippen LogP contribution is 2.52. The van der Waals surface area contributed by atoms with Crippen molar-refractivity contribution in [1.29, 1.82) is 0 Å². The standard InChI is InChI=1S/C19H18B2F3N7O/c20-18(21)3-1-2-17(4-5-17)31(18)16(32)28-13-9-26-29-15(13)12-6-14-11(7-25-12)8-27-30(14)10-19(22,23)24/h6-9H,1-5,10H2,(H,26,29)(H,28,32). The van der Waals surface area contributed by atoms with E-state index in [1.807, 2.05) is 0 Å². The molecule has 1 aliphatic heterocycles. The van der Waals surface area contributed by atoms with Crippen LogP contribution in [-0.2, 0) is 6.54 Å². The summed E-state index contributed by atoms with van der Waals surface area (Å²) in [7, 11) is 12.5. The summed E-state index contributed by atoms with van der Waals surface area (Å²) < 4.78 is 39.5. The lowest BCUT2D eigenvalue weighted by Crippen LogP contribution is -2.62. The van der Waals surface area contributed by atoms with E-state index in [0.29, 0.717) is 28.9 Å². The lowest BCUT2D eigenvalue weighted by atomic mass is 9.55. The number of nitrogens with zero attached hydrogens (tertiary/aromatic N) is 5. The van der Waals surface area contributed by atoms with E-state index < -0.39 is 24.1 Å². The highest BCUT2D eigenvalue weighted by molar-refractivity contribution is 6.41. The largest absolute Gasteiger partial charge is 0.408 e. The molecule has 0 unspecified atom stereocenters. The number of fused-ring (bicyclic) bond motifs is 1. The number of carbonyl (C=O) groups excluding carboxylic acids is 1. The molecule has 4 heterocycles. The van der Waals surface area contributed by atoms with Gasteiger partial charge in [-0.25, -0.2) is 4.79 Å². The number of alkyl halides is 3. The molecule has 3 aromatic rings. The molecule has 4 radical (unpaired) electrons. The van der Waals surface area contributed by atoms with Gasteiger partial charge in [0.05, 0.1) is 45.0 Å². The van der Waals surface area contributed by atoms with Gasteiger partial charge in [-0.1, -0.05) is 6.42 Å². The predicted octanol–water partition coefficient (Wildman–Crippen LogP) is 2.92. The molecule has 5 rings (SSSR count). The van der Waals surface area contributed by atoms with Crippen molar-refractivity contribution in [3.05, 3.63) is 24.7 Å². The van der Waals surface area contributed by atoms with Crippen molar-refractivity contribution >= 4 is 38.3 Å². The van der Waals surface area contributed by atoms with Crippen LogP contribution in [0.2, 0.25) is 0 Å². The summed E-state index contributed by atoms with van der Waals surface area (Å²) in [5, 5.41) is 12.5. The topological polar surface area (TPSA) is 91.7 Å². The Kier molecular flexibility index (Phi) is 4.58. The molecule has 162 valence electrons. The maximum atomic E-state index is 13.2. The van der Waals surface area contributed by atoms with Crippen LogP contribution in [0.4, 0.5) is 23.7 Å². The van der Waals surface area contributed by atoms with Gasteiger partial charge >= 0.3 is 12.2 Å². The molecule has 1 saturated carbocycles. The molecule has 3 aromatic heterocycles. The normalized spacial score (nSPS) is 19.4. The summed E-state index contributed by atoms with van der Waals surface area (Å²) in [6.45, 7) is -1.22. The number of halogens is 3. The Morgan fingerprint density at radius 1 is 1.19 bits per heavy atom. The second-order valence-corrected chi connectivity index (χ2v) is 8.54. The Labute approximate surface area is 183 Å². The first-order valence-electron chi connectivity index (χ1n) is 10.2. The summed E-state index contributed by atoms with van der Waals surface area (Å²) in [4.78, 5) is 19.0. The first-order valence-corrected chi connectivity index (χ1v) is 10.2. The van der Waals surface area contributed by atoms with Gasteiger partial charge in [0.25, 0.3) is 0 Å². The Bertz CT molecular complexity index is 1180. The van der Waals surface area contributed by atoms with Gasteiger partial charge < -0.3 is 10.2 Å². The number of hydrogen-bond donors (Lipinski definition) is 2. The average molecular weight is 439 g/mol. The fraction of sp³-hybridized carbons (Fsp3) is 0.474. The highest BCUT2D eigenvalue weighted by atomic mass is 19.4. The van der Waals surface area contributed by atoms with Crippen LogP contribution in [0.15, 0.2) is 24.7 Å². The maximum Gasteiger partial charge on any atom is 0.408 e. The van der Waals surface area contributed by atoms with E-state index in [1.54, 1.807) is 0 Å². The summed E-state index contributed by atoms with van der Waals surface area (Å²) >= 11 is 0. The number of carbonyl (C=O) groups is 1. The molecule has 13 heteroatoms. The van der Waals surface area contributed by atoms with E-state index in [-0.39, 0.29) is 11.1 Å². The van der Waals surface area contributed by atoms with Crippen LogP contribution < -0.4 is 5.32 Å². The predicted molar refractivity (Wildman–Crippen MR) is 112 cm³/mol. The number of nitrogens with one attached hydrogen (secondary N) is 2. The third-order valence-corrected chi connectivity index (χ3v) is 6.13. The molecule has 2 aliphatic rings. The van der Waals surface area contributed by atoms with Crippen molar-refractivity contribution in [3.8, 4) is 11.4 Å². The van der Waals surface area contributed by atoms with Gasteiger partial charge in [0.15, 0.2) is 0 Å². The van der Waals surface area contributed by atoms with E-state index in [0.717, 1.165) is 30.4 Å². The minimum atomic E-state index is -4.42. The van der Waals surface area contributed by atoms with E-state index in [4.69, 9.17) is 15.7 Å². The fourth-order valence-electron chi connectivity index (χ4n) is 4.54. The molecule has 32 heavy (non-hydrogen) atoms. The molecule has 2 amide bonds. The van der Waals surface area contributed by atoms with Gasteiger partial charge in [0, 0.05) is 17.1 Å². The van der Waals surface area contributed by atoms with Crippen molar-refractivity contribution in [3.63, 3.8) is 0 Å². The van der Waals surface area contributed by atoms with Crippen LogP contribution in [0, 0.1) is 0 Å². The molecular formula is C19H18B2F3N7O. The minimum absolute atomic E-state index is 0.259. The second kappa shape index (κ2) is 7.01. The average Bonchev–Trinajstić information content (AvgIpc) is 3.12. The summed E-state index contributed by atoms with van der Waals surface area (Å²) in [5.74, 6) is 0. The van der Waals surface area contributed by atoms with Gasteiger partial charge in [-0.3, -0.25) is 14.8 Å². The molecule has 2 fully saturated rings. The first kappa shape index (κ1) is 20.9. The van der Waals surface area contributed by atoms with Crippen molar-refractivity contribution < 1.29 is 18.0 Å². The van der Waals surface area contributed by atoms with E-state index in [1.165, 1.54) is 29.6 Å². The second-order valence-electron chi connectivity index (χ2n) is 8.54. The third-order valence-electron chi connectivity index (χ3n) is 6.13. The Morgan fingerprint density at radius 2 is 1.97 bits per heavy atom. The zero-order valence-corrected chi connectivity index (χ0v) is 17.0. The number of likely N-dealkylation sites (tertiary alicyclic amines) is 1. The summed E-state index contributed by atoms with van der Waals surface area (Å²) in [6.07, 6.45) is 3.60. The van der Waals surface area contributed by atoms with Gasteiger partial charge in [-0.05, 0) is 37.1 Å². The molecular weight excluding hydrogens is 421 g/mol. The smallest absolute Gasteiger partial charge is 0.331 e. The van der Waals surface area contributed by atoms with E-state index in [9.17, 15) is 18.0 Å². The number of aromatic amines is 1. The van der Waals surface area contributed by atoms with Crippen molar-refractivity contribution in [2.75, 3.05) is 5.32 Å². The molecule has 8 nitrogen and oxygen atoms in total. The van der Waals surface area contributed by atoms with E-state index >= 15 is 0 Å². The van der Waals surface area contributed by atoms with Crippen LogP contribution in [0.3, 0.4) is 0 Å². The number of piperidine rings is 1. The van der Waals surface area contributed by atoms with Gasteiger partial charge in [-0.15, -0.1) is 0 Å². The van der Waals surface area contributed by atoms with Gasteiger partial charge in [-0.2, -0.15) is 23.4 Å². The molecule has 1 aliphatic carbocycles. The molecule has 0 atom stereocenters. The molecule has 2 N–H and O–H groups in total. The van der Waals surface area contributed by atoms with Crippen LogP contribution in [-0.4, -0.2) is 68.6 Å². The van der Waals surface area contributed by atoms with Crippen LogP contribution in [0.25, 0.3) is 22.3 Å². The SMILES string of the molecule is [B]C1([B])CCCC2(CC2)N1C(=O)Nc1cn[nH]c1-c1cc2c(cn1)cnn2CC(F)(F)F. The number of hydrogen-bond acceptors (Lipinski definition) is 4. The number of aromatic nitrogens is 5. The van der Waals surface area contributed by atoms with Gasteiger partial charge in [0.1, 0.15) is 12.2 Å². The van der Waals surface area contributed by atoms with Crippen molar-refractivity contribution in [2.24, 2.45) is 0 Å². The molecule has 1 saturated heterocycles. The van der Waals surface area contributed by atoms with Gasteiger partial charge in [0.2, 0.25) is 0 Å². The lowest BCUT2D eigenvalue weighted by molar-refractivity contribution is -0.141. The number of urea groups is 1.